The fourth-order valence-corrected chi connectivity index (χ4v) is 1.23. The van der Waals surface area contributed by atoms with Crippen molar-refractivity contribution in [2.24, 2.45) is 0 Å². The van der Waals surface area contributed by atoms with Crippen molar-refractivity contribution in [2.75, 3.05) is 24.2 Å². The molecule has 1 rings (SSSR count). The molecule has 0 saturated heterocycles. The average molecular weight is 190 g/mol. The van der Waals surface area contributed by atoms with Crippen molar-refractivity contribution in [3.8, 4) is 6.07 Å². The molecule has 0 unspecified atom stereocenters. The van der Waals surface area contributed by atoms with Crippen molar-refractivity contribution in [3.63, 3.8) is 0 Å². The second-order valence-corrected chi connectivity index (χ2v) is 3.26. The molecule has 1 aromatic heterocycles. The molecule has 14 heavy (non-hydrogen) atoms. The Morgan fingerprint density at radius 1 is 1.64 bits per heavy atom. The molecular weight excluding hydrogens is 176 g/mol. The second-order valence-electron chi connectivity index (χ2n) is 3.26. The molecule has 4 heteroatoms. The summed E-state index contributed by atoms with van der Waals surface area (Å²) in [6, 6.07) is 3.97. The Hall–Kier alpha value is -1.76. The quantitative estimate of drug-likeness (QED) is 0.780. The Balaban J connectivity index is 2.80. The molecule has 0 bridgehead atoms. The maximum absolute atomic E-state index is 8.45. The lowest BCUT2D eigenvalue weighted by Gasteiger charge is -2.18. The number of hydrogen-bond donors (Lipinski definition) is 1. The van der Waals surface area contributed by atoms with Gasteiger partial charge >= 0.3 is 0 Å². The molecule has 0 aliphatic carbocycles. The van der Waals surface area contributed by atoms with Crippen LogP contribution < -0.4 is 10.6 Å². The summed E-state index contributed by atoms with van der Waals surface area (Å²) in [5.41, 5.74) is 7.51. The first kappa shape index (κ1) is 10.3. The molecule has 0 spiro atoms. The Bertz CT molecular complexity index is 354. The van der Waals surface area contributed by atoms with E-state index in [1.54, 1.807) is 6.20 Å². The van der Waals surface area contributed by atoms with E-state index >= 15 is 0 Å². The van der Waals surface area contributed by atoms with Gasteiger partial charge in [0.15, 0.2) is 5.82 Å². The van der Waals surface area contributed by atoms with Crippen LogP contribution in [0.1, 0.15) is 12.0 Å². The van der Waals surface area contributed by atoms with E-state index in [9.17, 15) is 0 Å². The Kier molecular flexibility index (Phi) is 3.29. The van der Waals surface area contributed by atoms with E-state index in [1.807, 2.05) is 24.9 Å². The Labute approximate surface area is 84.0 Å². The van der Waals surface area contributed by atoms with Gasteiger partial charge in [-0.1, -0.05) is 0 Å². The summed E-state index contributed by atoms with van der Waals surface area (Å²) in [6.07, 6.45) is 2.25. The number of nitrogens with two attached hydrogens (primary N) is 1. The van der Waals surface area contributed by atoms with Crippen LogP contribution in [-0.2, 0) is 0 Å². The maximum atomic E-state index is 8.45. The van der Waals surface area contributed by atoms with E-state index < -0.39 is 0 Å². The van der Waals surface area contributed by atoms with Gasteiger partial charge in [0.05, 0.1) is 18.2 Å². The molecule has 0 aliphatic heterocycles. The molecule has 0 atom stereocenters. The summed E-state index contributed by atoms with van der Waals surface area (Å²) in [7, 11) is 1.88. The third kappa shape index (κ3) is 2.36. The first-order valence-corrected chi connectivity index (χ1v) is 4.45. The third-order valence-corrected chi connectivity index (χ3v) is 1.95. The van der Waals surface area contributed by atoms with E-state index in [0.29, 0.717) is 18.7 Å². The van der Waals surface area contributed by atoms with Crippen LogP contribution in [0.25, 0.3) is 0 Å². The maximum Gasteiger partial charge on any atom is 0.151 e. The molecule has 1 heterocycles. The Morgan fingerprint density at radius 3 is 2.93 bits per heavy atom. The highest BCUT2D eigenvalue weighted by Crippen LogP contribution is 2.19. The molecule has 0 fully saturated rings. The van der Waals surface area contributed by atoms with Crippen molar-refractivity contribution >= 4 is 11.5 Å². The Morgan fingerprint density at radius 2 is 2.36 bits per heavy atom. The zero-order chi connectivity index (χ0) is 10.6. The van der Waals surface area contributed by atoms with E-state index in [-0.39, 0.29) is 0 Å². The lowest BCUT2D eigenvalue weighted by molar-refractivity contribution is 0.886. The summed E-state index contributed by atoms with van der Waals surface area (Å²) in [6.45, 7) is 2.60. The number of nitrogen functional groups attached to an aromatic ring is 1. The molecule has 0 radical (unpaired) electrons. The number of anilines is 2. The monoisotopic (exact) mass is 190 g/mol. The minimum Gasteiger partial charge on any atom is -0.396 e. The van der Waals surface area contributed by atoms with Crippen LogP contribution >= 0.6 is 0 Å². The number of aryl methyl sites for hydroxylation is 1. The van der Waals surface area contributed by atoms with Gasteiger partial charge in [0, 0.05) is 19.8 Å². The predicted molar refractivity (Wildman–Crippen MR) is 56.9 cm³/mol. The zero-order valence-corrected chi connectivity index (χ0v) is 8.49. The third-order valence-electron chi connectivity index (χ3n) is 1.95. The molecule has 4 nitrogen and oxygen atoms in total. The van der Waals surface area contributed by atoms with Crippen molar-refractivity contribution in [3.05, 3.63) is 17.8 Å². The van der Waals surface area contributed by atoms with Gasteiger partial charge in [0.1, 0.15) is 0 Å². The summed E-state index contributed by atoms with van der Waals surface area (Å²) in [4.78, 5) is 6.11. The summed E-state index contributed by atoms with van der Waals surface area (Å²) < 4.78 is 0. The minimum absolute atomic E-state index is 0.478. The first-order valence-electron chi connectivity index (χ1n) is 4.45. The highest BCUT2D eigenvalue weighted by molar-refractivity contribution is 5.62. The molecule has 0 amide bonds. The number of rotatable bonds is 3. The van der Waals surface area contributed by atoms with Crippen LogP contribution in [0.3, 0.4) is 0 Å². The average Bonchev–Trinajstić information content (AvgIpc) is 2.14. The van der Waals surface area contributed by atoms with Gasteiger partial charge in [-0.3, -0.25) is 0 Å². The smallest absolute Gasteiger partial charge is 0.151 e. The van der Waals surface area contributed by atoms with Crippen LogP contribution in [-0.4, -0.2) is 18.6 Å². The van der Waals surface area contributed by atoms with Crippen LogP contribution in [0.2, 0.25) is 0 Å². The summed E-state index contributed by atoms with van der Waals surface area (Å²) in [5.74, 6) is 0.742. The normalized spacial score (nSPS) is 9.50. The van der Waals surface area contributed by atoms with Crippen LogP contribution in [0, 0.1) is 18.3 Å². The van der Waals surface area contributed by atoms with Gasteiger partial charge in [-0.05, 0) is 18.6 Å². The fraction of sp³-hybridized carbons (Fsp3) is 0.400. The van der Waals surface area contributed by atoms with Gasteiger partial charge in [-0.15, -0.1) is 0 Å². The van der Waals surface area contributed by atoms with Crippen molar-refractivity contribution in [2.45, 2.75) is 13.3 Å². The SMILES string of the molecule is Cc1cnc(N(C)CCC#N)c(N)c1. The van der Waals surface area contributed by atoms with E-state index in [0.717, 1.165) is 11.4 Å². The number of aromatic nitrogens is 1. The topological polar surface area (TPSA) is 65.9 Å². The van der Waals surface area contributed by atoms with Gasteiger partial charge in [0.2, 0.25) is 0 Å². The molecule has 74 valence electrons. The first-order chi connectivity index (χ1) is 6.65. The highest BCUT2D eigenvalue weighted by atomic mass is 15.2. The van der Waals surface area contributed by atoms with Crippen molar-refractivity contribution in [1.82, 2.24) is 4.98 Å². The molecule has 1 aromatic rings. The number of hydrogen-bond acceptors (Lipinski definition) is 4. The number of nitriles is 1. The van der Waals surface area contributed by atoms with Gasteiger partial charge in [0.25, 0.3) is 0 Å². The second kappa shape index (κ2) is 4.47. The van der Waals surface area contributed by atoms with E-state index in [1.165, 1.54) is 0 Å². The molecule has 0 aliphatic rings. The molecule has 2 N–H and O–H groups in total. The largest absolute Gasteiger partial charge is 0.396 e. The number of nitrogens with zero attached hydrogens (tertiary/aromatic N) is 3. The van der Waals surface area contributed by atoms with Gasteiger partial charge in [-0.25, -0.2) is 4.98 Å². The summed E-state index contributed by atoms with van der Waals surface area (Å²) >= 11 is 0. The highest BCUT2D eigenvalue weighted by Gasteiger charge is 2.05. The van der Waals surface area contributed by atoms with Gasteiger partial charge in [-0.2, -0.15) is 5.26 Å². The van der Waals surface area contributed by atoms with Gasteiger partial charge < -0.3 is 10.6 Å². The lowest BCUT2D eigenvalue weighted by atomic mass is 10.2. The van der Waals surface area contributed by atoms with Crippen LogP contribution in [0.5, 0.6) is 0 Å². The number of pyridine rings is 1. The van der Waals surface area contributed by atoms with Crippen molar-refractivity contribution < 1.29 is 0 Å². The predicted octanol–water partition coefficient (Wildman–Crippen LogP) is 1.32. The van der Waals surface area contributed by atoms with Crippen molar-refractivity contribution in [1.29, 1.82) is 5.26 Å². The lowest BCUT2D eigenvalue weighted by Crippen LogP contribution is -2.20. The molecule has 0 aromatic carbocycles. The standard InChI is InChI=1S/C10H14N4/c1-8-6-9(12)10(13-7-8)14(2)5-3-4-11/h6-7H,3,5,12H2,1-2H3. The summed E-state index contributed by atoms with van der Waals surface area (Å²) in [5, 5.41) is 8.45. The van der Waals surface area contributed by atoms with Crippen LogP contribution in [0.15, 0.2) is 12.3 Å². The van der Waals surface area contributed by atoms with Crippen LogP contribution in [0.4, 0.5) is 11.5 Å². The fourth-order valence-electron chi connectivity index (χ4n) is 1.23. The molecular formula is C10H14N4. The zero-order valence-electron chi connectivity index (χ0n) is 8.49. The van der Waals surface area contributed by atoms with E-state index in [2.05, 4.69) is 11.1 Å². The molecule has 0 saturated carbocycles. The van der Waals surface area contributed by atoms with E-state index in [4.69, 9.17) is 11.0 Å². The minimum atomic E-state index is 0.478.